The van der Waals surface area contributed by atoms with Gasteiger partial charge in [-0.2, -0.15) is 0 Å². The molecular formula is C16H20ClNO3. The van der Waals surface area contributed by atoms with E-state index in [4.69, 9.17) is 16.7 Å². The number of likely N-dealkylation sites (tertiary alicyclic amines) is 1. The molecule has 1 saturated heterocycles. The number of nitrogens with zero attached hydrogens (tertiary/aromatic N) is 1. The molecule has 2 rings (SSSR count). The van der Waals surface area contributed by atoms with Crippen LogP contribution in [0.4, 0.5) is 0 Å². The number of aliphatic carboxylic acids is 1. The lowest BCUT2D eigenvalue weighted by molar-refractivity contribution is -0.137. The van der Waals surface area contributed by atoms with Gasteiger partial charge in [-0.3, -0.25) is 9.59 Å². The Labute approximate surface area is 129 Å². The molecule has 0 bridgehead atoms. The van der Waals surface area contributed by atoms with Crippen molar-refractivity contribution >= 4 is 23.5 Å². The molecule has 1 N–H and O–H groups in total. The van der Waals surface area contributed by atoms with E-state index in [1.165, 1.54) is 0 Å². The van der Waals surface area contributed by atoms with Crippen LogP contribution in [0, 0.1) is 12.8 Å². The SMILES string of the molecule is Cc1cc(Cl)ccc1C(=O)N1CCC(CCC(=O)O)CC1. The van der Waals surface area contributed by atoms with Gasteiger partial charge in [0, 0.05) is 30.1 Å². The fourth-order valence-electron chi connectivity index (χ4n) is 2.79. The van der Waals surface area contributed by atoms with Crippen LogP contribution in [-0.4, -0.2) is 35.0 Å². The predicted molar refractivity (Wildman–Crippen MR) is 81.7 cm³/mol. The van der Waals surface area contributed by atoms with Gasteiger partial charge in [-0.25, -0.2) is 0 Å². The molecule has 21 heavy (non-hydrogen) atoms. The summed E-state index contributed by atoms with van der Waals surface area (Å²) in [5.41, 5.74) is 1.59. The Morgan fingerprint density at radius 1 is 1.33 bits per heavy atom. The normalized spacial score (nSPS) is 16.0. The molecule has 1 fully saturated rings. The molecule has 1 amide bonds. The summed E-state index contributed by atoms with van der Waals surface area (Å²) in [4.78, 5) is 24.9. The third-order valence-corrected chi connectivity index (χ3v) is 4.32. The Morgan fingerprint density at radius 3 is 2.57 bits per heavy atom. The van der Waals surface area contributed by atoms with Crippen molar-refractivity contribution in [2.75, 3.05) is 13.1 Å². The highest BCUT2D eigenvalue weighted by atomic mass is 35.5. The second kappa shape index (κ2) is 6.94. The summed E-state index contributed by atoms with van der Waals surface area (Å²) in [5.74, 6) is -0.289. The molecule has 5 heteroatoms. The number of benzene rings is 1. The molecule has 4 nitrogen and oxygen atoms in total. The first-order valence-corrected chi connectivity index (χ1v) is 7.62. The van der Waals surface area contributed by atoms with Crippen LogP contribution in [0.2, 0.25) is 5.02 Å². The maximum absolute atomic E-state index is 12.5. The number of carboxylic acid groups (broad SMARTS) is 1. The van der Waals surface area contributed by atoms with E-state index in [0.29, 0.717) is 36.0 Å². The minimum atomic E-state index is -0.745. The zero-order chi connectivity index (χ0) is 15.4. The number of carboxylic acids is 1. The lowest BCUT2D eigenvalue weighted by atomic mass is 9.91. The molecule has 1 aliphatic rings. The van der Waals surface area contributed by atoms with Gasteiger partial charge in [-0.05, 0) is 55.9 Å². The van der Waals surface area contributed by atoms with Crippen LogP contribution in [0.5, 0.6) is 0 Å². The number of rotatable bonds is 4. The van der Waals surface area contributed by atoms with Crippen molar-refractivity contribution in [2.24, 2.45) is 5.92 Å². The van der Waals surface area contributed by atoms with E-state index in [1.54, 1.807) is 18.2 Å². The lowest BCUT2D eigenvalue weighted by Crippen LogP contribution is -2.38. The third-order valence-electron chi connectivity index (χ3n) is 4.09. The minimum absolute atomic E-state index is 0.0425. The van der Waals surface area contributed by atoms with Gasteiger partial charge >= 0.3 is 5.97 Å². The maximum atomic E-state index is 12.5. The first-order valence-electron chi connectivity index (χ1n) is 7.24. The second-order valence-electron chi connectivity index (χ2n) is 5.63. The second-order valence-corrected chi connectivity index (χ2v) is 6.06. The number of carbonyl (C=O) groups excluding carboxylic acids is 1. The van der Waals surface area contributed by atoms with E-state index in [-0.39, 0.29) is 12.3 Å². The van der Waals surface area contributed by atoms with Gasteiger partial charge in [0.1, 0.15) is 0 Å². The maximum Gasteiger partial charge on any atom is 0.303 e. The van der Waals surface area contributed by atoms with E-state index in [0.717, 1.165) is 18.4 Å². The van der Waals surface area contributed by atoms with Crippen molar-refractivity contribution in [1.82, 2.24) is 4.90 Å². The summed E-state index contributed by atoms with van der Waals surface area (Å²) in [6.07, 6.45) is 2.68. The van der Waals surface area contributed by atoms with Gasteiger partial charge < -0.3 is 10.0 Å². The molecule has 0 saturated carbocycles. The fraction of sp³-hybridized carbons (Fsp3) is 0.500. The predicted octanol–water partition coefficient (Wildman–Crippen LogP) is 3.37. The molecule has 0 atom stereocenters. The van der Waals surface area contributed by atoms with Gasteiger partial charge in [-0.15, -0.1) is 0 Å². The van der Waals surface area contributed by atoms with Gasteiger partial charge in [0.25, 0.3) is 5.91 Å². The van der Waals surface area contributed by atoms with E-state index in [9.17, 15) is 9.59 Å². The summed E-state index contributed by atoms with van der Waals surface area (Å²) in [5, 5.41) is 9.35. The average molecular weight is 310 g/mol. The molecular weight excluding hydrogens is 290 g/mol. The lowest BCUT2D eigenvalue weighted by Gasteiger charge is -2.32. The highest BCUT2D eigenvalue weighted by Crippen LogP contribution is 2.24. The fourth-order valence-corrected chi connectivity index (χ4v) is 3.02. The summed E-state index contributed by atoms with van der Waals surface area (Å²) < 4.78 is 0. The quantitative estimate of drug-likeness (QED) is 0.927. The Hall–Kier alpha value is -1.55. The average Bonchev–Trinajstić information content (AvgIpc) is 2.45. The summed E-state index contributed by atoms with van der Waals surface area (Å²) >= 11 is 5.91. The Bertz CT molecular complexity index is 536. The molecule has 1 aliphatic heterocycles. The van der Waals surface area contributed by atoms with Crippen LogP contribution in [0.1, 0.15) is 41.6 Å². The van der Waals surface area contributed by atoms with Gasteiger partial charge in [0.05, 0.1) is 0 Å². The van der Waals surface area contributed by atoms with Crippen molar-refractivity contribution in [3.63, 3.8) is 0 Å². The number of hydrogen-bond acceptors (Lipinski definition) is 2. The largest absolute Gasteiger partial charge is 0.481 e. The number of amides is 1. The molecule has 0 aliphatic carbocycles. The van der Waals surface area contributed by atoms with Gasteiger partial charge in [-0.1, -0.05) is 11.6 Å². The highest BCUT2D eigenvalue weighted by molar-refractivity contribution is 6.30. The number of piperidine rings is 1. The van der Waals surface area contributed by atoms with Gasteiger partial charge in [0.15, 0.2) is 0 Å². The number of aryl methyl sites for hydroxylation is 1. The smallest absolute Gasteiger partial charge is 0.303 e. The molecule has 0 radical (unpaired) electrons. The molecule has 0 unspecified atom stereocenters. The summed E-state index contributed by atoms with van der Waals surface area (Å²) in [7, 11) is 0. The highest BCUT2D eigenvalue weighted by Gasteiger charge is 2.24. The Kier molecular flexibility index (Phi) is 5.23. The van der Waals surface area contributed by atoms with Crippen molar-refractivity contribution in [2.45, 2.75) is 32.6 Å². The van der Waals surface area contributed by atoms with E-state index < -0.39 is 5.97 Å². The monoisotopic (exact) mass is 309 g/mol. The zero-order valence-corrected chi connectivity index (χ0v) is 12.9. The standard InChI is InChI=1S/C16H20ClNO3/c1-11-10-13(17)3-4-14(11)16(21)18-8-6-12(7-9-18)2-5-15(19)20/h3-4,10,12H,2,5-9H2,1H3,(H,19,20). The van der Waals surface area contributed by atoms with Crippen LogP contribution < -0.4 is 0 Å². The van der Waals surface area contributed by atoms with Crippen molar-refractivity contribution in [1.29, 1.82) is 0 Å². The number of halogens is 1. The molecule has 114 valence electrons. The summed E-state index contributed by atoms with van der Waals surface area (Å²) in [6, 6.07) is 5.31. The molecule has 1 aromatic rings. The first-order chi connectivity index (χ1) is 9.97. The third kappa shape index (κ3) is 4.21. The number of hydrogen-bond donors (Lipinski definition) is 1. The van der Waals surface area contributed by atoms with Gasteiger partial charge in [0.2, 0.25) is 0 Å². The van der Waals surface area contributed by atoms with E-state index in [2.05, 4.69) is 0 Å². The van der Waals surface area contributed by atoms with Crippen LogP contribution in [0.15, 0.2) is 18.2 Å². The topological polar surface area (TPSA) is 57.6 Å². The molecule has 0 aromatic heterocycles. The van der Waals surface area contributed by atoms with E-state index in [1.807, 2.05) is 11.8 Å². The molecule has 1 aromatic carbocycles. The van der Waals surface area contributed by atoms with E-state index >= 15 is 0 Å². The minimum Gasteiger partial charge on any atom is -0.481 e. The van der Waals surface area contributed by atoms with Crippen LogP contribution in [-0.2, 0) is 4.79 Å². The van der Waals surface area contributed by atoms with Crippen molar-refractivity contribution in [3.8, 4) is 0 Å². The Balaban J connectivity index is 1.92. The van der Waals surface area contributed by atoms with Crippen LogP contribution in [0.3, 0.4) is 0 Å². The first kappa shape index (κ1) is 15.8. The molecule has 0 spiro atoms. The van der Waals surface area contributed by atoms with Crippen LogP contribution >= 0.6 is 11.6 Å². The zero-order valence-electron chi connectivity index (χ0n) is 12.1. The van der Waals surface area contributed by atoms with Crippen molar-refractivity contribution < 1.29 is 14.7 Å². The van der Waals surface area contributed by atoms with Crippen molar-refractivity contribution in [3.05, 3.63) is 34.3 Å². The molecule has 1 heterocycles. The Morgan fingerprint density at radius 2 is 2.00 bits per heavy atom. The summed E-state index contributed by atoms with van der Waals surface area (Å²) in [6.45, 7) is 3.29. The van der Waals surface area contributed by atoms with Crippen LogP contribution in [0.25, 0.3) is 0 Å². The number of carbonyl (C=O) groups is 2.